The number of rotatable bonds is 3. The molecule has 2 aliphatic heterocycles. The predicted molar refractivity (Wildman–Crippen MR) is 77.9 cm³/mol. The van der Waals surface area contributed by atoms with Crippen LogP contribution in [0.4, 0.5) is 18.0 Å². The standard InChI is InChI=1S/C16H17F3N2O3/c17-16(18,19)11-6-4-10(5-7-11)13(22)9-21-14(23)12-3-1-2-8-20(12)15(21)24/h4-7,12-13,22H,1-3,8-9H2/t12-,13-/m0/s1. The Morgan fingerprint density at radius 1 is 1.17 bits per heavy atom. The molecule has 0 spiro atoms. The second-order valence-corrected chi connectivity index (χ2v) is 6.07. The van der Waals surface area contributed by atoms with Gasteiger partial charge in [-0.1, -0.05) is 12.1 Å². The Kier molecular flexibility index (Phi) is 4.25. The van der Waals surface area contributed by atoms with Crippen LogP contribution in [0.15, 0.2) is 24.3 Å². The van der Waals surface area contributed by atoms with E-state index < -0.39 is 29.9 Å². The van der Waals surface area contributed by atoms with E-state index in [1.165, 1.54) is 4.90 Å². The summed E-state index contributed by atoms with van der Waals surface area (Å²) in [6.45, 7) is 0.262. The number of carbonyl (C=O) groups is 2. The summed E-state index contributed by atoms with van der Waals surface area (Å²) in [7, 11) is 0. The van der Waals surface area contributed by atoms with Gasteiger partial charge in [0.05, 0.1) is 18.2 Å². The lowest BCUT2D eigenvalue weighted by Gasteiger charge is -2.26. The van der Waals surface area contributed by atoms with Crippen molar-refractivity contribution in [2.75, 3.05) is 13.1 Å². The molecular formula is C16H17F3N2O3. The van der Waals surface area contributed by atoms with Gasteiger partial charge in [0.2, 0.25) is 0 Å². The minimum atomic E-state index is -4.45. The number of hydrogen-bond donors (Lipinski definition) is 1. The van der Waals surface area contributed by atoms with Crippen molar-refractivity contribution in [1.29, 1.82) is 0 Å². The van der Waals surface area contributed by atoms with Crippen molar-refractivity contribution in [2.24, 2.45) is 0 Å². The molecule has 2 saturated heterocycles. The number of hydrogen-bond acceptors (Lipinski definition) is 3. The quantitative estimate of drug-likeness (QED) is 0.859. The van der Waals surface area contributed by atoms with E-state index in [2.05, 4.69) is 0 Å². The van der Waals surface area contributed by atoms with Gasteiger partial charge in [-0.25, -0.2) is 4.79 Å². The average molecular weight is 342 g/mol. The third-order valence-corrected chi connectivity index (χ3v) is 4.51. The molecule has 2 fully saturated rings. The van der Waals surface area contributed by atoms with E-state index >= 15 is 0 Å². The molecule has 8 heteroatoms. The molecule has 0 unspecified atom stereocenters. The monoisotopic (exact) mass is 342 g/mol. The molecule has 2 heterocycles. The molecule has 0 radical (unpaired) electrons. The van der Waals surface area contributed by atoms with Gasteiger partial charge < -0.3 is 10.0 Å². The molecule has 1 aromatic carbocycles. The lowest BCUT2D eigenvalue weighted by molar-refractivity contribution is -0.137. The second kappa shape index (κ2) is 6.08. The SMILES string of the molecule is O=C1[C@@H]2CCCCN2C(=O)N1C[C@H](O)c1ccc(C(F)(F)F)cc1. The fourth-order valence-corrected chi connectivity index (χ4v) is 3.19. The fraction of sp³-hybridized carbons (Fsp3) is 0.500. The van der Waals surface area contributed by atoms with Crippen LogP contribution < -0.4 is 0 Å². The fourth-order valence-electron chi connectivity index (χ4n) is 3.19. The number of halogens is 3. The first-order valence-electron chi connectivity index (χ1n) is 7.76. The minimum Gasteiger partial charge on any atom is -0.387 e. The normalized spacial score (nSPS) is 22.8. The van der Waals surface area contributed by atoms with Crippen molar-refractivity contribution in [3.8, 4) is 0 Å². The summed E-state index contributed by atoms with van der Waals surface area (Å²) in [5.74, 6) is -0.342. The van der Waals surface area contributed by atoms with Gasteiger partial charge in [-0.3, -0.25) is 9.69 Å². The predicted octanol–water partition coefficient (Wildman–Crippen LogP) is 2.56. The molecule has 1 aromatic rings. The molecule has 1 N–H and O–H groups in total. The number of aliphatic hydroxyl groups is 1. The maximum atomic E-state index is 12.6. The lowest BCUT2D eigenvalue weighted by Crippen LogP contribution is -2.39. The van der Waals surface area contributed by atoms with Crippen LogP contribution in [0.5, 0.6) is 0 Å². The second-order valence-electron chi connectivity index (χ2n) is 6.07. The van der Waals surface area contributed by atoms with Gasteiger partial charge in [0.1, 0.15) is 6.04 Å². The van der Waals surface area contributed by atoms with Crippen LogP contribution in [-0.4, -0.2) is 46.0 Å². The number of aliphatic hydroxyl groups excluding tert-OH is 1. The van der Waals surface area contributed by atoms with E-state index in [-0.39, 0.29) is 18.0 Å². The van der Waals surface area contributed by atoms with Gasteiger partial charge in [0.15, 0.2) is 0 Å². The number of urea groups is 1. The molecule has 0 aromatic heterocycles. The number of β-amino-alcohol motifs (C(OH)–C–C–N with tert-alkyl or cyclic N) is 1. The molecule has 0 saturated carbocycles. The molecule has 3 amide bonds. The summed E-state index contributed by atoms with van der Waals surface area (Å²) in [5.41, 5.74) is -0.586. The van der Waals surface area contributed by atoms with Gasteiger partial charge in [0, 0.05) is 6.54 Å². The molecule has 2 aliphatic rings. The first kappa shape index (κ1) is 16.8. The molecule has 5 nitrogen and oxygen atoms in total. The maximum Gasteiger partial charge on any atom is 0.416 e. The lowest BCUT2D eigenvalue weighted by atomic mass is 10.0. The summed E-state index contributed by atoms with van der Waals surface area (Å²) in [5, 5.41) is 10.2. The third kappa shape index (κ3) is 2.98. The largest absolute Gasteiger partial charge is 0.416 e. The van der Waals surface area contributed by atoms with Crippen molar-refractivity contribution in [3.05, 3.63) is 35.4 Å². The first-order valence-corrected chi connectivity index (χ1v) is 7.76. The molecule has 0 bridgehead atoms. The average Bonchev–Trinajstić information content (AvgIpc) is 2.79. The Morgan fingerprint density at radius 2 is 1.83 bits per heavy atom. The van der Waals surface area contributed by atoms with Crippen molar-refractivity contribution in [2.45, 2.75) is 37.6 Å². The Hall–Kier alpha value is -2.09. The summed E-state index contributed by atoms with van der Waals surface area (Å²) < 4.78 is 37.7. The number of amides is 3. The van der Waals surface area contributed by atoms with Crippen LogP contribution in [0.3, 0.4) is 0 Å². The summed E-state index contributed by atoms with van der Waals surface area (Å²) in [4.78, 5) is 27.1. The zero-order valence-electron chi connectivity index (χ0n) is 12.8. The molecular weight excluding hydrogens is 325 g/mol. The van der Waals surface area contributed by atoms with E-state index in [9.17, 15) is 27.9 Å². The van der Waals surface area contributed by atoms with Crippen LogP contribution in [0.25, 0.3) is 0 Å². The first-order chi connectivity index (χ1) is 11.3. The topological polar surface area (TPSA) is 60.9 Å². The number of alkyl halides is 3. The number of fused-ring (bicyclic) bond motifs is 1. The summed E-state index contributed by atoms with van der Waals surface area (Å²) in [6, 6.07) is 3.16. The number of nitrogens with zero attached hydrogens (tertiary/aromatic N) is 2. The summed E-state index contributed by atoms with van der Waals surface area (Å²) in [6.07, 6.45) is -3.35. The minimum absolute atomic E-state index is 0.230. The van der Waals surface area contributed by atoms with Gasteiger partial charge in [-0.15, -0.1) is 0 Å². The van der Waals surface area contributed by atoms with Gasteiger partial charge >= 0.3 is 12.2 Å². The smallest absolute Gasteiger partial charge is 0.387 e. The highest BCUT2D eigenvalue weighted by molar-refractivity contribution is 6.04. The van der Waals surface area contributed by atoms with E-state index in [4.69, 9.17) is 0 Å². The van der Waals surface area contributed by atoms with E-state index in [1.54, 1.807) is 0 Å². The van der Waals surface area contributed by atoms with Crippen molar-refractivity contribution in [3.63, 3.8) is 0 Å². The highest BCUT2D eigenvalue weighted by atomic mass is 19.4. The molecule has 2 atom stereocenters. The van der Waals surface area contributed by atoms with Crippen molar-refractivity contribution < 1.29 is 27.9 Å². The van der Waals surface area contributed by atoms with Crippen molar-refractivity contribution >= 4 is 11.9 Å². The molecule has 24 heavy (non-hydrogen) atoms. The van der Waals surface area contributed by atoms with Crippen LogP contribution in [0, 0.1) is 0 Å². The summed E-state index contributed by atoms with van der Waals surface area (Å²) >= 11 is 0. The molecule has 3 rings (SSSR count). The number of benzene rings is 1. The van der Waals surface area contributed by atoms with E-state index in [0.717, 1.165) is 42.0 Å². The highest BCUT2D eigenvalue weighted by Crippen LogP contribution is 2.31. The molecule has 0 aliphatic carbocycles. The highest BCUT2D eigenvalue weighted by Gasteiger charge is 2.46. The zero-order valence-corrected chi connectivity index (χ0v) is 12.8. The van der Waals surface area contributed by atoms with Crippen molar-refractivity contribution in [1.82, 2.24) is 9.80 Å². The third-order valence-electron chi connectivity index (χ3n) is 4.51. The Balaban J connectivity index is 1.71. The Morgan fingerprint density at radius 3 is 2.42 bits per heavy atom. The molecule has 130 valence electrons. The van der Waals surface area contributed by atoms with Gasteiger partial charge in [0.25, 0.3) is 5.91 Å². The number of piperidine rings is 1. The van der Waals surface area contributed by atoms with Gasteiger partial charge in [-0.2, -0.15) is 13.2 Å². The van der Waals surface area contributed by atoms with E-state index in [0.29, 0.717) is 13.0 Å². The Bertz CT molecular complexity index is 621. The number of imide groups is 1. The van der Waals surface area contributed by atoms with Crippen LogP contribution in [0.2, 0.25) is 0 Å². The maximum absolute atomic E-state index is 12.6. The van der Waals surface area contributed by atoms with Crippen LogP contribution >= 0.6 is 0 Å². The van der Waals surface area contributed by atoms with Gasteiger partial charge in [-0.05, 0) is 37.0 Å². The van der Waals surface area contributed by atoms with Crippen LogP contribution in [-0.2, 0) is 11.0 Å². The zero-order chi connectivity index (χ0) is 17.5. The van der Waals surface area contributed by atoms with Crippen LogP contribution in [0.1, 0.15) is 36.5 Å². The van der Waals surface area contributed by atoms with E-state index in [1.807, 2.05) is 0 Å². The number of carbonyl (C=O) groups excluding carboxylic acids is 2. The Labute approximate surface area is 136 Å².